The molecular formula is C15H26N4O. The third kappa shape index (κ3) is 4.07. The molecule has 1 fully saturated rings. The molecule has 0 saturated heterocycles. The zero-order valence-electron chi connectivity index (χ0n) is 12.8. The van der Waals surface area contributed by atoms with Crippen LogP contribution in [0.25, 0.3) is 0 Å². The molecule has 0 spiro atoms. The van der Waals surface area contributed by atoms with Crippen molar-refractivity contribution in [3.05, 3.63) is 12.4 Å². The van der Waals surface area contributed by atoms with E-state index in [0.717, 1.165) is 43.7 Å². The van der Waals surface area contributed by atoms with Gasteiger partial charge in [-0.2, -0.15) is 0 Å². The molecule has 1 heterocycles. The van der Waals surface area contributed by atoms with Crippen molar-refractivity contribution >= 4 is 11.6 Å². The molecule has 0 radical (unpaired) electrons. The molecule has 1 atom stereocenters. The molecule has 5 heteroatoms. The Morgan fingerprint density at radius 3 is 2.90 bits per heavy atom. The third-order valence-electron chi connectivity index (χ3n) is 3.84. The second kappa shape index (κ2) is 7.43. The molecule has 1 unspecified atom stereocenters. The topological polar surface area (TPSA) is 50.3 Å². The standard InChI is InChI=1S/C15H26N4O/c1-4-7-16-14-10-15(18-11-17-14)19(8-9-20-3)12(2)13-5-6-13/h10-13H,4-9H2,1-3H3,(H,16,17,18). The average molecular weight is 278 g/mol. The summed E-state index contributed by atoms with van der Waals surface area (Å²) in [5.74, 6) is 2.70. The molecule has 0 bridgehead atoms. The van der Waals surface area contributed by atoms with Crippen LogP contribution in [0, 0.1) is 5.92 Å². The van der Waals surface area contributed by atoms with Crippen LogP contribution in [0.5, 0.6) is 0 Å². The largest absolute Gasteiger partial charge is 0.383 e. The lowest BCUT2D eigenvalue weighted by atomic mass is 10.2. The van der Waals surface area contributed by atoms with E-state index >= 15 is 0 Å². The molecule has 1 aliphatic carbocycles. The van der Waals surface area contributed by atoms with Crippen LogP contribution >= 0.6 is 0 Å². The minimum Gasteiger partial charge on any atom is -0.383 e. The lowest BCUT2D eigenvalue weighted by Crippen LogP contribution is -2.38. The Morgan fingerprint density at radius 1 is 1.45 bits per heavy atom. The van der Waals surface area contributed by atoms with Gasteiger partial charge < -0.3 is 15.0 Å². The molecule has 1 aromatic rings. The van der Waals surface area contributed by atoms with Gasteiger partial charge in [0.15, 0.2) is 0 Å². The summed E-state index contributed by atoms with van der Waals surface area (Å²) in [5.41, 5.74) is 0. The Balaban J connectivity index is 2.09. The van der Waals surface area contributed by atoms with E-state index in [1.165, 1.54) is 12.8 Å². The first-order valence-corrected chi connectivity index (χ1v) is 7.57. The van der Waals surface area contributed by atoms with Crippen LogP contribution in [-0.2, 0) is 4.74 Å². The molecule has 0 aliphatic heterocycles. The summed E-state index contributed by atoms with van der Waals surface area (Å²) in [6.45, 7) is 6.97. The molecule has 112 valence electrons. The van der Waals surface area contributed by atoms with Crippen LogP contribution in [0.4, 0.5) is 11.6 Å². The Bertz CT molecular complexity index is 409. The first-order valence-electron chi connectivity index (χ1n) is 7.57. The summed E-state index contributed by atoms with van der Waals surface area (Å²) >= 11 is 0. The first kappa shape index (κ1) is 15.0. The van der Waals surface area contributed by atoms with Gasteiger partial charge in [0.25, 0.3) is 0 Å². The highest BCUT2D eigenvalue weighted by Crippen LogP contribution is 2.36. The van der Waals surface area contributed by atoms with Crippen molar-refractivity contribution < 1.29 is 4.74 Å². The van der Waals surface area contributed by atoms with Gasteiger partial charge in [0, 0.05) is 32.3 Å². The zero-order valence-corrected chi connectivity index (χ0v) is 12.8. The van der Waals surface area contributed by atoms with E-state index in [1.807, 2.05) is 6.07 Å². The number of nitrogens with zero attached hydrogens (tertiary/aromatic N) is 3. The van der Waals surface area contributed by atoms with E-state index < -0.39 is 0 Å². The Morgan fingerprint density at radius 2 is 2.25 bits per heavy atom. The van der Waals surface area contributed by atoms with Gasteiger partial charge in [-0.3, -0.25) is 0 Å². The van der Waals surface area contributed by atoms with Crippen LogP contribution in [0.15, 0.2) is 12.4 Å². The zero-order chi connectivity index (χ0) is 14.4. The SMILES string of the molecule is CCCNc1cc(N(CCOC)C(C)C2CC2)ncn1. The van der Waals surface area contributed by atoms with Crippen molar-refractivity contribution in [1.29, 1.82) is 0 Å². The summed E-state index contributed by atoms with van der Waals surface area (Å²) < 4.78 is 5.24. The molecular weight excluding hydrogens is 252 g/mol. The number of nitrogens with one attached hydrogen (secondary N) is 1. The van der Waals surface area contributed by atoms with E-state index in [2.05, 4.69) is 34.0 Å². The third-order valence-corrected chi connectivity index (χ3v) is 3.84. The minimum absolute atomic E-state index is 0.513. The highest BCUT2D eigenvalue weighted by molar-refractivity contribution is 5.49. The number of methoxy groups -OCH3 is 1. The fourth-order valence-corrected chi connectivity index (χ4v) is 2.40. The van der Waals surface area contributed by atoms with Crippen molar-refractivity contribution in [2.24, 2.45) is 5.92 Å². The van der Waals surface area contributed by atoms with Crippen LogP contribution in [0.2, 0.25) is 0 Å². The van der Waals surface area contributed by atoms with Gasteiger partial charge in [0.05, 0.1) is 6.61 Å². The summed E-state index contributed by atoms with van der Waals surface area (Å²) in [5, 5.41) is 3.32. The summed E-state index contributed by atoms with van der Waals surface area (Å²) in [4.78, 5) is 11.1. The van der Waals surface area contributed by atoms with Gasteiger partial charge in [-0.25, -0.2) is 9.97 Å². The number of ether oxygens (including phenoxy) is 1. The summed E-state index contributed by atoms with van der Waals surface area (Å²) in [6, 6.07) is 2.56. The van der Waals surface area contributed by atoms with Gasteiger partial charge in [-0.1, -0.05) is 6.92 Å². The minimum atomic E-state index is 0.513. The Hall–Kier alpha value is -1.36. The van der Waals surface area contributed by atoms with E-state index in [-0.39, 0.29) is 0 Å². The Labute approximate surface area is 121 Å². The maximum Gasteiger partial charge on any atom is 0.134 e. The van der Waals surface area contributed by atoms with E-state index in [1.54, 1.807) is 13.4 Å². The van der Waals surface area contributed by atoms with Gasteiger partial charge in [-0.15, -0.1) is 0 Å². The van der Waals surface area contributed by atoms with Crippen LogP contribution in [0.1, 0.15) is 33.1 Å². The van der Waals surface area contributed by atoms with Gasteiger partial charge in [0.1, 0.15) is 18.0 Å². The van der Waals surface area contributed by atoms with Crippen molar-refractivity contribution in [3.63, 3.8) is 0 Å². The lowest BCUT2D eigenvalue weighted by molar-refractivity contribution is 0.202. The predicted octanol–water partition coefficient (Wildman–Crippen LogP) is 2.55. The number of aromatic nitrogens is 2. The molecule has 2 rings (SSSR count). The van der Waals surface area contributed by atoms with Gasteiger partial charge in [0.2, 0.25) is 0 Å². The molecule has 1 N–H and O–H groups in total. The molecule has 5 nitrogen and oxygen atoms in total. The normalized spacial score (nSPS) is 15.9. The molecule has 1 saturated carbocycles. The molecule has 0 amide bonds. The Kier molecular flexibility index (Phi) is 5.59. The first-order chi connectivity index (χ1) is 9.76. The molecule has 1 aromatic heterocycles. The highest BCUT2D eigenvalue weighted by atomic mass is 16.5. The number of anilines is 2. The summed E-state index contributed by atoms with van der Waals surface area (Å²) in [7, 11) is 1.74. The van der Waals surface area contributed by atoms with Gasteiger partial charge >= 0.3 is 0 Å². The second-order valence-electron chi connectivity index (χ2n) is 5.45. The maximum atomic E-state index is 5.24. The number of hydrogen-bond donors (Lipinski definition) is 1. The van der Waals surface area contributed by atoms with E-state index in [4.69, 9.17) is 4.74 Å². The van der Waals surface area contributed by atoms with Crippen molar-refractivity contribution in [2.75, 3.05) is 37.0 Å². The van der Waals surface area contributed by atoms with Crippen molar-refractivity contribution in [1.82, 2.24) is 9.97 Å². The van der Waals surface area contributed by atoms with Crippen molar-refractivity contribution in [3.8, 4) is 0 Å². The molecule has 1 aliphatic rings. The molecule has 0 aromatic carbocycles. The van der Waals surface area contributed by atoms with Crippen molar-refractivity contribution in [2.45, 2.75) is 39.2 Å². The average Bonchev–Trinajstić information content (AvgIpc) is 3.30. The van der Waals surface area contributed by atoms with Crippen LogP contribution in [0.3, 0.4) is 0 Å². The number of rotatable bonds is 9. The smallest absolute Gasteiger partial charge is 0.134 e. The van der Waals surface area contributed by atoms with Crippen LogP contribution in [-0.4, -0.2) is 42.8 Å². The quantitative estimate of drug-likeness (QED) is 0.752. The van der Waals surface area contributed by atoms with Crippen LogP contribution < -0.4 is 10.2 Å². The fourth-order valence-electron chi connectivity index (χ4n) is 2.40. The second-order valence-corrected chi connectivity index (χ2v) is 5.45. The fraction of sp³-hybridized carbons (Fsp3) is 0.733. The van der Waals surface area contributed by atoms with E-state index in [0.29, 0.717) is 6.04 Å². The maximum absolute atomic E-state index is 5.24. The molecule has 20 heavy (non-hydrogen) atoms. The van der Waals surface area contributed by atoms with E-state index in [9.17, 15) is 0 Å². The highest BCUT2D eigenvalue weighted by Gasteiger charge is 2.32. The number of hydrogen-bond acceptors (Lipinski definition) is 5. The monoisotopic (exact) mass is 278 g/mol. The predicted molar refractivity (Wildman–Crippen MR) is 82.2 cm³/mol. The lowest BCUT2D eigenvalue weighted by Gasteiger charge is -2.30. The van der Waals surface area contributed by atoms with Gasteiger partial charge in [-0.05, 0) is 32.1 Å². The summed E-state index contributed by atoms with van der Waals surface area (Å²) in [6.07, 6.45) is 5.39.